The molecule has 0 saturated carbocycles. The highest BCUT2D eigenvalue weighted by Gasteiger charge is 2.10. The van der Waals surface area contributed by atoms with Gasteiger partial charge in [-0.2, -0.15) is 0 Å². The van der Waals surface area contributed by atoms with Crippen LogP contribution in [-0.2, 0) is 0 Å². The van der Waals surface area contributed by atoms with Crippen LogP contribution in [0, 0.1) is 0 Å². The number of pyridine rings is 2. The molecule has 0 spiro atoms. The van der Waals surface area contributed by atoms with E-state index in [-0.39, 0.29) is 0 Å². The molecule has 0 bridgehead atoms. The van der Waals surface area contributed by atoms with Gasteiger partial charge in [-0.05, 0) is 18.2 Å². The first-order valence-corrected chi connectivity index (χ1v) is 5.84. The Morgan fingerprint density at radius 3 is 3.12 bits per heavy atom. The van der Waals surface area contributed by atoms with Crippen LogP contribution in [0.5, 0.6) is 0 Å². The second-order valence-corrected chi connectivity index (χ2v) is 4.75. The number of aromatic amines is 1. The van der Waals surface area contributed by atoms with Crippen LogP contribution in [0.2, 0.25) is 0 Å². The zero-order valence-electron chi connectivity index (χ0n) is 8.27. The minimum Gasteiger partial charge on any atom is -0.331 e. The van der Waals surface area contributed by atoms with Gasteiger partial charge in [-0.1, -0.05) is 0 Å². The van der Waals surface area contributed by atoms with Gasteiger partial charge >= 0.3 is 0 Å². The third-order valence-electron chi connectivity index (χ3n) is 2.80. The molecule has 4 heterocycles. The fourth-order valence-electron chi connectivity index (χ4n) is 2.12. The molecule has 0 saturated heterocycles. The van der Waals surface area contributed by atoms with E-state index in [1.54, 1.807) is 11.3 Å². The summed E-state index contributed by atoms with van der Waals surface area (Å²) in [7, 11) is 0. The Kier molecular flexibility index (Phi) is 1.44. The van der Waals surface area contributed by atoms with Crippen molar-refractivity contribution in [3.8, 4) is 0 Å². The van der Waals surface area contributed by atoms with Gasteiger partial charge in [-0.15, -0.1) is 11.3 Å². The van der Waals surface area contributed by atoms with E-state index in [2.05, 4.69) is 27.1 Å². The molecule has 0 aliphatic rings. The number of fused-ring (bicyclic) bond motifs is 5. The Hall–Kier alpha value is -1.94. The Labute approximate surface area is 94.8 Å². The van der Waals surface area contributed by atoms with E-state index in [1.165, 1.54) is 25.7 Å². The van der Waals surface area contributed by atoms with Crippen LogP contribution in [0.25, 0.3) is 31.3 Å². The monoisotopic (exact) mass is 225 g/mol. The third-order valence-corrected chi connectivity index (χ3v) is 3.86. The first-order valence-electron chi connectivity index (χ1n) is 5.02. The first-order chi connectivity index (χ1) is 7.93. The summed E-state index contributed by atoms with van der Waals surface area (Å²) < 4.78 is 1.22. The Morgan fingerprint density at radius 2 is 2.12 bits per heavy atom. The van der Waals surface area contributed by atoms with Crippen LogP contribution in [-0.4, -0.2) is 15.0 Å². The van der Waals surface area contributed by atoms with Gasteiger partial charge in [0.2, 0.25) is 0 Å². The molecule has 4 aromatic heterocycles. The summed E-state index contributed by atoms with van der Waals surface area (Å²) >= 11 is 1.73. The molecular weight excluding hydrogens is 218 g/mol. The SMILES string of the molecule is c1cnc2[nH]c3sc4cnccc4c3c2c1. The summed E-state index contributed by atoms with van der Waals surface area (Å²) in [6.07, 6.45) is 5.56. The molecule has 1 N–H and O–H groups in total. The Morgan fingerprint density at radius 1 is 1.12 bits per heavy atom. The number of nitrogens with one attached hydrogen (secondary N) is 1. The minimum absolute atomic E-state index is 0.961. The van der Waals surface area contributed by atoms with Crippen molar-refractivity contribution in [3.05, 3.63) is 36.8 Å². The molecule has 4 rings (SSSR count). The lowest BCUT2D eigenvalue weighted by Crippen LogP contribution is -1.73. The third kappa shape index (κ3) is 0.919. The molecular formula is C12H7N3S. The van der Waals surface area contributed by atoms with Crippen LogP contribution < -0.4 is 0 Å². The maximum atomic E-state index is 4.33. The molecule has 0 amide bonds. The second-order valence-electron chi connectivity index (χ2n) is 3.70. The number of aromatic nitrogens is 3. The lowest BCUT2D eigenvalue weighted by Gasteiger charge is -1.89. The molecule has 76 valence electrons. The molecule has 0 aliphatic heterocycles. The zero-order chi connectivity index (χ0) is 10.5. The summed E-state index contributed by atoms with van der Waals surface area (Å²) in [5.74, 6) is 0. The van der Waals surface area contributed by atoms with Gasteiger partial charge in [0.15, 0.2) is 0 Å². The molecule has 0 fully saturated rings. The van der Waals surface area contributed by atoms with Crippen LogP contribution in [0.3, 0.4) is 0 Å². The normalized spacial score (nSPS) is 11.8. The van der Waals surface area contributed by atoms with Crippen LogP contribution in [0.4, 0.5) is 0 Å². The van der Waals surface area contributed by atoms with Gasteiger partial charge in [0.25, 0.3) is 0 Å². The first kappa shape index (κ1) is 8.24. The van der Waals surface area contributed by atoms with E-state index >= 15 is 0 Å². The van der Waals surface area contributed by atoms with Gasteiger partial charge in [0.05, 0.1) is 4.70 Å². The maximum absolute atomic E-state index is 4.33. The minimum atomic E-state index is 0.961. The molecule has 4 heteroatoms. The van der Waals surface area contributed by atoms with Crippen molar-refractivity contribution in [1.82, 2.24) is 15.0 Å². The number of H-pyrrole nitrogens is 1. The van der Waals surface area contributed by atoms with Gasteiger partial charge in [0, 0.05) is 34.7 Å². The summed E-state index contributed by atoms with van der Waals surface area (Å²) in [5.41, 5.74) is 0.961. The van der Waals surface area contributed by atoms with Gasteiger partial charge < -0.3 is 4.98 Å². The molecule has 0 aliphatic carbocycles. The van der Waals surface area contributed by atoms with Crippen molar-refractivity contribution in [1.29, 1.82) is 0 Å². The highest BCUT2D eigenvalue weighted by atomic mass is 32.1. The molecule has 16 heavy (non-hydrogen) atoms. The number of rotatable bonds is 0. The lowest BCUT2D eigenvalue weighted by atomic mass is 10.2. The fourth-order valence-corrected chi connectivity index (χ4v) is 3.20. The number of nitrogens with zero attached hydrogens (tertiary/aromatic N) is 2. The van der Waals surface area contributed by atoms with E-state index in [0.29, 0.717) is 0 Å². The van der Waals surface area contributed by atoms with Crippen molar-refractivity contribution in [2.75, 3.05) is 0 Å². The molecule has 4 aromatic rings. The second kappa shape index (κ2) is 2.80. The lowest BCUT2D eigenvalue weighted by molar-refractivity contribution is 1.35. The van der Waals surface area contributed by atoms with E-state index in [1.807, 2.05) is 24.7 Å². The van der Waals surface area contributed by atoms with Crippen molar-refractivity contribution in [2.24, 2.45) is 0 Å². The topological polar surface area (TPSA) is 41.6 Å². The van der Waals surface area contributed by atoms with Crippen molar-refractivity contribution in [3.63, 3.8) is 0 Å². The summed E-state index contributed by atoms with van der Waals surface area (Å²) in [4.78, 5) is 13.0. The van der Waals surface area contributed by atoms with Gasteiger partial charge in [-0.25, -0.2) is 4.98 Å². The number of hydrogen-bond acceptors (Lipinski definition) is 3. The van der Waals surface area contributed by atoms with Crippen molar-refractivity contribution >= 4 is 42.7 Å². The van der Waals surface area contributed by atoms with Gasteiger partial charge in [-0.3, -0.25) is 4.98 Å². The number of hydrogen-bond donors (Lipinski definition) is 1. The molecule has 0 aromatic carbocycles. The number of thiophene rings is 1. The summed E-state index contributed by atoms with van der Waals surface area (Å²) in [6, 6.07) is 6.14. The summed E-state index contributed by atoms with van der Waals surface area (Å²) in [5, 5.41) is 3.72. The van der Waals surface area contributed by atoms with E-state index in [9.17, 15) is 0 Å². The smallest absolute Gasteiger partial charge is 0.138 e. The zero-order valence-corrected chi connectivity index (χ0v) is 9.08. The van der Waals surface area contributed by atoms with Crippen LogP contribution >= 0.6 is 11.3 Å². The molecule has 0 atom stereocenters. The highest BCUT2D eigenvalue weighted by molar-refractivity contribution is 7.25. The molecule has 0 unspecified atom stereocenters. The summed E-state index contributed by atoms with van der Waals surface area (Å²) in [6.45, 7) is 0. The van der Waals surface area contributed by atoms with E-state index in [0.717, 1.165) is 5.65 Å². The maximum Gasteiger partial charge on any atom is 0.138 e. The molecule has 3 nitrogen and oxygen atoms in total. The van der Waals surface area contributed by atoms with Crippen LogP contribution in [0.15, 0.2) is 36.8 Å². The fraction of sp³-hybridized carbons (Fsp3) is 0. The Balaban J connectivity index is 2.38. The predicted molar refractivity (Wildman–Crippen MR) is 66.8 cm³/mol. The van der Waals surface area contributed by atoms with Gasteiger partial charge in [0.1, 0.15) is 10.5 Å². The predicted octanol–water partition coefficient (Wildman–Crippen LogP) is 3.33. The average Bonchev–Trinajstić information content (AvgIpc) is 2.83. The molecule has 0 radical (unpaired) electrons. The standard InChI is InChI=1S/C12H7N3S/c1-2-8-10-7-3-5-13-6-9(7)16-12(10)15-11(8)14-4-1/h1-6H,(H,14,15). The van der Waals surface area contributed by atoms with Crippen molar-refractivity contribution < 1.29 is 0 Å². The van der Waals surface area contributed by atoms with Crippen LogP contribution in [0.1, 0.15) is 0 Å². The van der Waals surface area contributed by atoms with E-state index in [4.69, 9.17) is 0 Å². The highest BCUT2D eigenvalue weighted by Crippen LogP contribution is 2.37. The Bertz CT molecular complexity index is 747. The van der Waals surface area contributed by atoms with Crippen molar-refractivity contribution in [2.45, 2.75) is 0 Å². The average molecular weight is 225 g/mol. The van der Waals surface area contributed by atoms with E-state index < -0.39 is 0 Å². The quantitative estimate of drug-likeness (QED) is 0.498. The largest absolute Gasteiger partial charge is 0.331 e.